The van der Waals surface area contributed by atoms with Gasteiger partial charge in [0.1, 0.15) is 5.75 Å². The third kappa shape index (κ3) is 7.12. The molecule has 0 aromatic heterocycles. The zero-order chi connectivity index (χ0) is 27.0. The first-order valence-corrected chi connectivity index (χ1v) is 14.1. The van der Waals surface area contributed by atoms with Gasteiger partial charge >= 0.3 is 0 Å². The van der Waals surface area contributed by atoms with Crippen LogP contribution in [0.1, 0.15) is 35.1 Å². The Morgan fingerprint density at radius 2 is 1.72 bits per heavy atom. The molecule has 3 aromatic rings. The molecule has 1 fully saturated rings. The second-order valence-electron chi connectivity index (χ2n) is 10.8. The number of ether oxygens (including phenoxy) is 3. The van der Waals surface area contributed by atoms with Crippen molar-refractivity contribution in [2.45, 2.75) is 38.6 Å². The van der Waals surface area contributed by atoms with Crippen LogP contribution in [0.5, 0.6) is 17.2 Å². The molecule has 39 heavy (non-hydrogen) atoms. The summed E-state index contributed by atoms with van der Waals surface area (Å²) in [5.41, 5.74) is 5.24. The summed E-state index contributed by atoms with van der Waals surface area (Å²) in [4.78, 5) is 15.7. The first-order chi connectivity index (χ1) is 19.1. The second-order valence-corrected chi connectivity index (χ2v) is 10.8. The minimum absolute atomic E-state index is 0.0803. The van der Waals surface area contributed by atoms with Gasteiger partial charge in [0.25, 0.3) is 0 Å². The molecule has 1 aliphatic heterocycles. The normalized spacial score (nSPS) is 18.8. The Morgan fingerprint density at radius 1 is 0.897 bits per heavy atom. The average molecular weight is 529 g/mol. The SMILES string of the molecule is COc1ccc(CN2C[C@@H](COc3ccc4c(c3)CCC4)C[C@@H](C(=O)NCCc3ccccc3)C2)cc1OC. The van der Waals surface area contributed by atoms with E-state index < -0.39 is 0 Å². The van der Waals surface area contributed by atoms with Gasteiger partial charge in [-0.05, 0) is 78.6 Å². The van der Waals surface area contributed by atoms with Crippen LogP contribution in [-0.2, 0) is 30.6 Å². The number of piperidine rings is 1. The van der Waals surface area contributed by atoms with Crippen LogP contribution in [0.3, 0.4) is 0 Å². The van der Waals surface area contributed by atoms with Gasteiger partial charge in [0.15, 0.2) is 11.5 Å². The quantitative estimate of drug-likeness (QED) is 0.377. The maximum Gasteiger partial charge on any atom is 0.224 e. The first-order valence-electron chi connectivity index (χ1n) is 14.1. The third-order valence-electron chi connectivity index (χ3n) is 7.95. The Hall–Kier alpha value is -3.51. The van der Waals surface area contributed by atoms with Crippen molar-refractivity contribution in [3.8, 4) is 17.2 Å². The molecule has 3 aromatic carbocycles. The Labute approximate surface area is 232 Å². The zero-order valence-electron chi connectivity index (χ0n) is 23.2. The molecule has 1 saturated heterocycles. The van der Waals surface area contributed by atoms with E-state index in [4.69, 9.17) is 14.2 Å². The molecule has 6 nitrogen and oxygen atoms in total. The maximum atomic E-state index is 13.3. The van der Waals surface area contributed by atoms with E-state index in [0.717, 1.165) is 61.7 Å². The molecule has 0 radical (unpaired) electrons. The number of nitrogens with one attached hydrogen (secondary N) is 1. The summed E-state index contributed by atoms with van der Waals surface area (Å²) in [6.07, 6.45) is 5.20. The molecule has 0 bridgehead atoms. The number of likely N-dealkylation sites (tertiary alicyclic amines) is 1. The summed E-state index contributed by atoms with van der Waals surface area (Å²) in [5, 5.41) is 3.20. The summed E-state index contributed by atoms with van der Waals surface area (Å²) in [6.45, 7) is 3.60. The smallest absolute Gasteiger partial charge is 0.224 e. The monoisotopic (exact) mass is 528 g/mol. The second kappa shape index (κ2) is 13.0. The molecule has 0 saturated carbocycles. The van der Waals surface area contributed by atoms with Gasteiger partial charge in [-0.2, -0.15) is 0 Å². The van der Waals surface area contributed by atoms with E-state index in [0.29, 0.717) is 13.2 Å². The third-order valence-corrected chi connectivity index (χ3v) is 7.95. The lowest BCUT2D eigenvalue weighted by Crippen LogP contribution is -2.47. The van der Waals surface area contributed by atoms with Crippen molar-refractivity contribution in [1.29, 1.82) is 0 Å². The summed E-state index contributed by atoms with van der Waals surface area (Å²) >= 11 is 0. The molecule has 2 atom stereocenters. The van der Waals surface area contributed by atoms with Crippen LogP contribution in [0.2, 0.25) is 0 Å². The largest absolute Gasteiger partial charge is 0.493 e. The van der Waals surface area contributed by atoms with Crippen molar-refractivity contribution in [2.24, 2.45) is 11.8 Å². The van der Waals surface area contributed by atoms with Gasteiger partial charge in [0.05, 0.1) is 26.7 Å². The highest BCUT2D eigenvalue weighted by Crippen LogP contribution is 2.31. The molecule has 1 amide bonds. The van der Waals surface area contributed by atoms with Crippen molar-refractivity contribution in [1.82, 2.24) is 10.2 Å². The molecule has 206 valence electrons. The fourth-order valence-electron chi connectivity index (χ4n) is 5.95. The highest BCUT2D eigenvalue weighted by molar-refractivity contribution is 5.79. The van der Waals surface area contributed by atoms with Crippen molar-refractivity contribution >= 4 is 5.91 Å². The van der Waals surface area contributed by atoms with Gasteiger partial charge in [-0.3, -0.25) is 9.69 Å². The van der Waals surface area contributed by atoms with Crippen LogP contribution in [0.15, 0.2) is 66.7 Å². The van der Waals surface area contributed by atoms with Gasteiger partial charge in [-0.25, -0.2) is 0 Å². The highest BCUT2D eigenvalue weighted by atomic mass is 16.5. The van der Waals surface area contributed by atoms with E-state index in [-0.39, 0.29) is 17.7 Å². The number of amides is 1. The van der Waals surface area contributed by atoms with Crippen molar-refractivity contribution < 1.29 is 19.0 Å². The minimum atomic E-state index is -0.0803. The highest BCUT2D eigenvalue weighted by Gasteiger charge is 2.32. The van der Waals surface area contributed by atoms with E-state index in [1.165, 1.54) is 29.5 Å². The lowest BCUT2D eigenvalue weighted by atomic mass is 9.88. The standard InChI is InChI=1S/C33H40N2O4/c1-37-31-14-11-25(18-32(31)38-2)20-35-21-26(23-39-30-13-12-27-9-6-10-28(27)19-30)17-29(22-35)33(36)34-16-15-24-7-4-3-5-8-24/h3-5,7-8,11-14,18-19,26,29H,6,9-10,15-17,20-23H2,1-2H3,(H,34,36)/t26-,29+/m0/s1. The van der Waals surface area contributed by atoms with Gasteiger partial charge < -0.3 is 19.5 Å². The van der Waals surface area contributed by atoms with Crippen LogP contribution in [-0.4, -0.2) is 51.3 Å². The topological polar surface area (TPSA) is 60.0 Å². The number of methoxy groups -OCH3 is 2. The van der Waals surface area contributed by atoms with Crippen molar-refractivity contribution in [3.63, 3.8) is 0 Å². The van der Waals surface area contributed by atoms with E-state index in [1.807, 2.05) is 30.3 Å². The lowest BCUT2D eigenvalue weighted by Gasteiger charge is -2.37. The molecule has 1 aliphatic carbocycles. The van der Waals surface area contributed by atoms with Gasteiger partial charge in [0.2, 0.25) is 5.91 Å². The number of rotatable bonds is 11. The van der Waals surface area contributed by atoms with Gasteiger partial charge in [-0.1, -0.05) is 42.5 Å². The van der Waals surface area contributed by atoms with Crippen LogP contribution in [0, 0.1) is 11.8 Å². The molecular weight excluding hydrogens is 488 g/mol. The van der Waals surface area contributed by atoms with Crippen LogP contribution in [0.4, 0.5) is 0 Å². The number of benzene rings is 3. The summed E-state index contributed by atoms with van der Waals surface area (Å²) in [5.74, 6) is 2.69. The van der Waals surface area contributed by atoms with E-state index >= 15 is 0 Å². The molecule has 2 aliphatic rings. The Morgan fingerprint density at radius 3 is 2.54 bits per heavy atom. The predicted octanol–water partition coefficient (Wildman–Crippen LogP) is 5.07. The number of fused-ring (bicyclic) bond motifs is 1. The Balaban J connectivity index is 1.24. The number of carbonyl (C=O) groups excluding carboxylic acids is 1. The molecule has 6 heteroatoms. The lowest BCUT2D eigenvalue weighted by molar-refractivity contribution is -0.127. The predicted molar refractivity (Wildman–Crippen MR) is 154 cm³/mol. The Bertz CT molecular complexity index is 1250. The summed E-state index contributed by atoms with van der Waals surface area (Å²) < 4.78 is 17.2. The molecule has 5 rings (SSSR count). The number of aryl methyl sites for hydroxylation is 2. The number of hydrogen-bond acceptors (Lipinski definition) is 5. The zero-order valence-corrected chi connectivity index (χ0v) is 23.2. The van der Waals surface area contributed by atoms with Crippen LogP contribution >= 0.6 is 0 Å². The summed E-state index contributed by atoms with van der Waals surface area (Å²) in [6, 6.07) is 22.9. The number of nitrogens with zero attached hydrogens (tertiary/aromatic N) is 1. The van der Waals surface area contributed by atoms with Gasteiger partial charge in [-0.15, -0.1) is 0 Å². The number of hydrogen-bond donors (Lipinski definition) is 1. The number of carbonyl (C=O) groups is 1. The van der Waals surface area contributed by atoms with Crippen LogP contribution in [0.25, 0.3) is 0 Å². The molecular formula is C33H40N2O4. The summed E-state index contributed by atoms with van der Waals surface area (Å²) in [7, 11) is 3.30. The fourth-order valence-corrected chi connectivity index (χ4v) is 5.95. The minimum Gasteiger partial charge on any atom is -0.493 e. The van der Waals surface area contributed by atoms with Crippen molar-refractivity contribution in [3.05, 3.63) is 89.0 Å². The molecule has 1 N–H and O–H groups in total. The molecule has 0 unspecified atom stereocenters. The van der Waals surface area contributed by atoms with E-state index in [2.05, 4.69) is 46.6 Å². The van der Waals surface area contributed by atoms with E-state index in [1.54, 1.807) is 14.2 Å². The van der Waals surface area contributed by atoms with E-state index in [9.17, 15) is 4.79 Å². The molecule has 0 spiro atoms. The fraction of sp³-hybridized carbons (Fsp3) is 0.424. The average Bonchev–Trinajstić information content (AvgIpc) is 3.44. The van der Waals surface area contributed by atoms with Crippen LogP contribution < -0.4 is 19.5 Å². The Kier molecular flexibility index (Phi) is 9.04. The maximum absolute atomic E-state index is 13.3. The van der Waals surface area contributed by atoms with Gasteiger partial charge in [0, 0.05) is 32.1 Å². The van der Waals surface area contributed by atoms with Crippen molar-refractivity contribution in [2.75, 3.05) is 40.5 Å². The molecule has 1 heterocycles. The first kappa shape index (κ1) is 27.1.